The van der Waals surface area contributed by atoms with Crippen LogP contribution in [0.5, 0.6) is 0 Å². The van der Waals surface area contributed by atoms with Crippen molar-refractivity contribution in [1.29, 1.82) is 0 Å². The Labute approximate surface area is 126 Å². The average Bonchev–Trinajstić information content (AvgIpc) is 3.01. The zero-order valence-electron chi connectivity index (χ0n) is 11.4. The van der Waals surface area contributed by atoms with Crippen LogP contribution in [0.1, 0.15) is 5.01 Å². The van der Waals surface area contributed by atoms with E-state index < -0.39 is 9.84 Å². The van der Waals surface area contributed by atoms with Crippen molar-refractivity contribution < 1.29 is 8.42 Å². The summed E-state index contributed by atoms with van der Waals surface area (Å²) >= 11 is 1.58. The van der Waals surface area contributed by atoms with Gasteiger partial charge in [-0.25, -0.2) is 18.4 Å². The molecular formula is C13H14N4O2S2. The number of anilines is 1. The maximum absolute atomic E-state index is 11.8. The number of rotatable bonds is 4. The molecule has 8 heteroatoms. The van der Waals surface area contributed by atoms with Gasteiger partial charge in [0.25, 0.3) is 0 Å². The summed E-state index contributed by atoms with van der Waals surface area (Å²) in [6, 6.07) is 5.09. The molecule has 0 aliphatic heterocycles. The van der Waals surface area contributed by atoms with Gasteiger partial charge >= 0.3 is 0 Å². The SMILES string of the molecule is CS(=O)(=O)c1cccc2c1nc(N)n2CCc1nccs1. The number of imidazole rings is 1. The quantitative estimate of drug-likeness (QED) is 0.790. The highest BCUT2D eigenvalue weighted by Crippen LogP contribution is 2.25. The summed E-state index contributed by atoms with van der Waals surface area (Å²) in [6.45, 7) is 0.614. The molecule has 1 aromatic carbocycles. The lowest BCUT2D eigenvalue weighted by Gasteiger charge is -2.05. The molecule has 110 valence electrons. The van der Waals surface area contributed by atoms with Gasteiger partial charge in [0.1, 0.15) is 5.52 Å². The fraction of sp³-hybridized carbons (Fsp3) is 0.231. The van der Waals surface area contributed by atoms with Gasteiger partial charge in [0, 0.05) is 30.8 Å². The monoisotopic (exact) mass is 322 g/mol. The second kappa shape index (κ2) is 5.12. The third-order valence-corrected chi connectivity index (χ3v) is 5.17. The molecule has 3 rings (SSSR count). The van der Waals surface area contributed by atoms with Crippen LogP contribution in [0.2, 0.25) is 0 Å². The van der Waals surface area contributed by atoms with Gasteiger partial charge in [-0.05, 0) is 12.1 Å². The zero-order valence-corrected chi connectivity index (χ0v) is 13.0. The predicted octanol–water partition coefficient (Wildman–Crippen LogP) is 1.72. The third kappa shape index (κ3) is 2.64. The summed E-state index contributed by atoms with van der Waals surface area (Å²) in [4.78, 5) is 8.66. The number of nitrogens with two attached hydrogens (primary N) is 1. The summed E-state index contributed by atoms with van der Waals surface area (Å²) < 4.78 is 25.5. The molecule has 6 nitrogen and oxygen atoms in total. The Kier molecular flexibility index (Phi) is 3.42. The maximum atomic E-state index is 11.8. The number of para-hydroxylation sites is 1. The van der Waals surface area contributed by atoms with Gasteiger partial charge in [0.05, 0.1) is 15.4 Å². The molecule has 0 spiro atoms. The summed E-state index contributed by atoms with van der Waals surface area (Å²) in [5.41, 5.74) is 7.10. The molecule has 0 aliphatic rings. The Bertz CT molecular complexity index is 882. The minimum absolute atomic E-state index is 0.208. The van der Waals surface area contributed by atoms with Gasteiger partial charge in [-0.3, -0.25) is 0 Å². The van der Waals surface area contributed by atoms with E-state index in [1.165, 1.54) is 6.26 Å². The molecule has 0 amide bonds. The molecule has 21 heavy (non-hydrogen) atoms. The molecule has 0 aliphatic carbocycles. The molecule has 2 heterocycles. The number of thiazole rings is 1. The van der Waals surface area contributed by atoms with Crippen molar-refractivity contribution >= 4 is 38.2 Å². The van der Waals surface area contributed by atoms with E-state index in [1.807, 2.05) is 16.0 Å². The van der Waals surface area contributed by atoms with E-state index in [9.17, 15) is 8.42 Å². The van der Waals surface area contributed by atoms with Gasteiger partial charge in [-0.15, -0.1) is 11.3 Å². The first-order chi connectivity index (χ1) is 9.97. The lowest BCUT2D eigenvalue weighted by molar-refractivity contribution is 0.602. The number of nitrogens with zero attached hydrogens (tertiary/aromatic N) is 3. The maximum Gasteiger partial charge on any atom is 0.201 e. The number of benzene rings is 1. The first-order valence-electron chi connectivity index (χ1n) is 6.30. The van der Waals surface area contributed by atoms with Crippen molar-refractivity contribution in [1.82, 2.24) is 14.5 Å². The van der Waals surface area contributed by atoms with Crippen LogP contribution < -0.4 is 5.73 Å². The van der Waals surface area contributed by atoms with E-state index in [0.717, 1.165) is 16.9 Å². The summed E-state index contributed by atoms with van der Waals surface area (Å²) in [6.07, 6.45) is 3.67. The van der Waals surface area contributed by atoms with Crippen molar-refractivity contribution in [3.8, 4) is 0 Å². The van der Waals surface area contributed by atoms with E-state index in [2.05, 4.69) is 9.97 Å². The Balaban J connectivity index is 2.05. The number of aryl methyl sites for hydroxylation is 2. The molecule has 0 unspecified atom stereocenters. The van der Waals surface area contributed by atoms with Crippen molar-refractivity contribution in [3.05, 3.63) is 34.8 Å². The van der Waals surface area contributed by atoms with Gasteiger partial charge in [0.15, 0.2) is 9.84 Å². The molecule has 0 bridgehead atoms. The minimum atomic E-state index is -3.33. The van der Waals surface area contributed by atoms with Crippen molar-refractivity contribution in [2.24, 2.45) is 0 Å². The summed E-state index contributed by atoms with van der Waals surface area (Å²) in [7, 11) is -3.33. The normalized spacial score (nSPS) is 12.0. The second-order valence-corrected chi connectivity index (χ2v) is 7.66. The highest BCUT2D eigenvalue weighted by Gasteiger charge is 2.17. The largest absolute Gasteiger partial charge is 0.369 e. The van der Waals surface area contributed by atoms with E-state index >= 15 is 0 Å². The number of hydrogen-bond acceptors (Lipinski definition) is 6. The molecule has 0 saturated carbocycles. The van der Waals surface area contributed by atoms with Crippen molar-refractivity contribution in [2.45, 2.75) is 17.9 Å². The molecule has 3 aromatic rings. The number of sulfone groups is 1. The van der Waals surface area contributed by atoms with Crippen LogP contribution in [0.3, 0.4) is 0 Å². The first kappa shape index (κ1) is 14.0. The number of aromatic nitrogens is 3. The fourth-order valence-electron chi connectivity index (χ4n) is 2.26. The zero-order chi connectivity index (χ0) is 15.0. The Morgan fingerprint density at radius 3 is 2.86 bits per heavy atom. The molecule has 2 aromatic heterocycles. The highest BCUT2D eigenvalue weighted by molar-refractivity contribution is 7.91. The Morgan fingerprint density at radius 1 is 1.38 bits per heavy atom. The van der Waals surface area contributed by atoms with Gasteiger partial charge in [-0.2, -0.15) is 0 Å². The van der Waals surface area contributed by atoms with Crippen LogP contribution in [-0.4, -0.2) is 29.2 Å². The van der Waals surface area contributed by atoms with Crippen LogP contribution in [0.25, 0.3) is 11.0 Å². The van der Waals surface area contributed by atoms with Gasteiger partial charge in [-0.1, -0.05) is 6.07 Å². The van der Waals surface area contributed by atoms with Crippen molar-refractivity contribution in [3.63, 3.8) is 0 Å². The number of fused-ring (bicyclic) bond motifs is 1. The molecule has 2 N–H and O–H groups in total. The Hall–Kier alpha value is -1.93. The lowest BCUT2D eigenvalue weighted by Crippen LogP contribution is -2.05. The molecule has 0 radical (unpaired) electrons. The van der Waals surface area contributed by atoms with Gasteiger partial charge in [0.2, 0.25) is 5.95 Å². The van der Waals surface area contributed by atoms with Crippen LogP contribution in [0.15, 0.2) is 34.7 Å². The minimum Gasteiger partial charge on any atom is -0.369 e. The van der Waals surface area contributed by atoms with Gasteiger partial charge < -0.3 is 10.3 Å². The van der Waals surface area contributed by atoms with Crippen LogP contribution in [0, 0.1) is 0 Å². The fourth-order valence-corrected chi connectivity index (χ4v) is 3.69. The molecule has 0 atom stereocenters. The van der Waals surface area contributed by atoms with Crippen LogP contribution in [-0.2, 0) is 22.8 Å². The second-order valence-electron chi connectivity index (χ2n) is 4.69. The topological polar surface area (TPSA) is 90.9 Å². The third-order valence-electron chi connectivity index (χ3n) is 3.20. The van der Waals surface area contributed by atoms with Crippen LogP contribution >= 0.6 is 11.3 Å². The van der Waals surface area contributed by atoms with Crippen LogP contribution in [0.4, 0.5) is 5.95 Å². The van der Waals surface area contributed by atoms with E-state index in [-0.39, 0.29) is 4.90 Å². The average molecular weight is 322 g/mol. The smallest absolute Gasteiger partial charge is 0.201 e. The summed E-state index contributed by atoms with van der Waals surface area (Å²) in [5, 5.41) is 2.93. The van der Waals surface area contributed by atoms with E-state index in [4.69, 9.17) is 5.73 Å². The highest BCUT2D eigenvalue weighted by atomic mass is 32.2. The Morgan fingerprint density at radius 2 is 2.19 bits per heavy atom. The number of hydrogen-bond donors (Lipinski definition) is 1. The molecule has 0 saturated heterocycles. The number of nitrogen functional groups attached to an aromatic ring is 1. The molecule has 0 fully saturated rings. The van der Waals surface area contributed by atoms with E-state index in [0.29, 0.717) is 18.0 Å². The predicted molar refractivity (Wildman–Crippen MR) is 83.1 cm³/mol. The molecular weight excluding hydrogens is 308 g/mol. The first-order valence-corrected chi connectivity index (χ1v) is 9.07. The van der Waals surface area contributed by atoms with E-state index in [1.54, 1.807) is 29.7 Å². The summed E-state index contributed by atoms with van der Waals surface area (Å²) in [5.74, 6) is 0.317. The van der Waals surface area contributed by atoms with Crippen molar-refractivity contribution in [2.75, 3.05) is 12.0 Å². The lowest BCUT2D eigenvalue weighted by atomic mass is 10.3. The standard InChI is InChI=1S/C13H14N4O2S2/c1-21(18,19)10-4-2-3-9-12(10)16-13(14)17(9)7-5-11-15-6-8-20-11/h2-4,6,8H,5,7H2,1H3,(H2,14,16).